The Morgan fingerprint density at radius 3 is 2.89 bits per heavy atom. The number of carbonyl (C=O) groups excluding carboxylic acids is 1. The van der Waals surface area contributed by atoms with Crippen LogP contribution >= 0.6 is 23.1 Å². The minimum absolute atomic E-state index is 0.0399. The van der Waals surface area contributed by atoms with Crippen molar-refractivity contribution in [3.05, 3.63) is 36.2 Å². The Morgan fingerprint density at radius 1 is 1.29 bits per heavy atom. The van der Waals surface area contributed by atoms with E-state index in [1.54, 1.807) is 11.3 Å². The molecule has 1 aromatic carbocycles. The lowest BCUT2D eigenvalue weighted by Crippen LogP contribution is -2.16. The summed E-state index contributed by atoms with van der Waals surface area (Å²) in [5.41, 5.74) is 2.76. The number of nitrogens with one attached hydrogen (secondary N) is 1. The number of aromatic nitrogens is 3. The van der Waals surface area contributed by atoms with E-state index in [0.717, 1.165) is 39.3 Å². The maximum absolute atomic E-state index is 12.4. The van der Waals surface area contributed by atoms with Crippen LogP contribution in [0.1, 0.15) is 38.2 Å². The Bertz CT molecular complexity index is 982. The maximum atomic E-state index is 12.4. The summed E-state index contributed by atoms with van der Waals surface area (Å²) in [6.07, 6.45) is 3.95. The highest BCUT2D eigenvalue weighted by Gasteiger charge is 2.19. The van der Waals surface area contributed by atoms with E-state index in [1.165, 1.54) is 36.5 Å². The van der Waals surface area contributed by atoms with Gasteiger partial charge in [0.2, 0.25) is 5.91 Å². The molecule has 1 N–H and O–H groups in total. The van der Waals surface area contributed by atoms with Crippen LogP contribution in [-0.4, -0.2) is 39.7 Å². The molecule has 0 unspecified atom stereocenters. The van der Waals surface area contributed by atoms with Crippen LogP contribution in [0, 0.1) is 0 Å². The van der Waals surface area contributed by atoms with Gasteiger partial charge in [-0.15, -0.1) is 0 Å². The third-order valence-corrected chi connectivity index (χ3v) is 6.93. The lowest BCUT2D eigenvalue weighted by molar-refractivity contribution is -0.113. The van der Waals surface area contributed by atoms with Crippen LogP contribution in [-0.2, 0) is 4.79 Å². The molecular formula is C20H23N5OS2. The van der Waals surface area contributed by atoms with Crippen LogP contribution in [0.15, 0.2) is 35.6 Å². The zero-order valence-electron chi connectivity index (χ0n) is 16.0. The molecule has 0 bridgehead atoms. The van der Waals surface area contributed by atoms with Crippen molar-refractivity contribution in [2.45, 2.75) is 37.6 Å². The van der Waals surface area contributed by atoms with Crippen molar-refractivity contribution < 1.29 is 4.79 Å². The average molecular weight is 414 g/mol. The molecule has 2 aromatic heterocycles. The Kier molecular flexibility index (Phi) is 5.77. The van der Waals surface area contributed by atoms with Crippen LogP contribution in [0.2, 0.25) is 0 Å². The molecule has 28 heavy (non-hydrogen) atoms. The van der Waals surface area contributed by atoms with Gasteiger partial charge in [-0.25, -0.2) is 9.97 Å². The first-order valence-electron chi connectivity index (χ1n) is 9.49. The van der Waals surface area contributed by atoms with Gasteiger partial charge in [0.05, 0.1) is 5.75 Å². The minimum Gasteiger partial charge on any atom is -0.348 e. The third-order valence-electron chi connectivity index (χ3n) is 4.70. The summed E-state index contributed by atoms with van der Waals surface area (Å²) in [4.78, 5) is 28.1. The quantitative estimate of drug-likeness (QED) is 0.472. The molecule has 1 amide bonds. The SMILES string of the molecule is CC(C)c1cccc(NC(=O)CSc2ncnc3nc(N4CCCC4)sc23)c1. The number of nitrogens with zero attached hydrogens (tertiary/aromatic N) is 4. The van der Waals surface area contributed by atoms with Gasteiger partial charge in [0.25, 0.3) is 0 Å². The number of hydrogen-bond donors (Lipinski definition) is 1. The summed E-state index contributed by atoms with van der Waals surface area (Å²) in [6.45, 7) is 6.38. The predicted molar refractivity (Wildman–Crippen MR) is 117 cm³/mol. The van der Waals surface area contributed by atoms with Gasteiger partial charge in [-0.05, 0) is 36.5 Å². The molecule has 8 heteroatoms. The number of thiazole rings is 1. The molecule has 146 valence electrons. The number of anilines is 2. The average Bonchev–Trinajstić information content (AvgIpc) is 3.36. The number of hydrogen-bond acceptors (Lipinski definition) is 7. The van der Waals surface area contributed by atoms with Crippen molar-refractivity contribution in [1.82, 2.24) is 15.0 Å². The topological polar surface area (TPSA) is 71.0 Å². The number of thioether (sulfide) groups is 1. The van der Waals surface area contributed by atoms with Gasteiger partial charge in [-0.2, -0.15) is 4.98 Å². The molecule has 1 fully saturated rings. The molecular weight excluding hydrogens is 390 g/mol. The summed E-state index contributed by atoms with van der Waals surface area (Å²) < 4.78 is 0.962. The lowest BCUT2D eigenvalue weighted by atomic mass is 10.0. The number of rotatable bonds is 6. The summed E-state index contributed by atoms with van der Waals surface area (Å²) >= 11 is 3.05. The van der Waals surface area contributed by atoms with E-state index in [0.29, 0.717) is 11.7 Å². The highest BCUT2D eigenvalue weighted by molar-refractivity contribution is 8.00. The van der Waals surface area contributed by atoms with E-state index in [9.17, 15) is 4.79 Å². The van der Waals surface area contributed by atoms with Gasteiger partial charge in [0.15, 0.2) is 10.8 Å². The van der Waals surface area contributed by atoms with Crippen LogP contribution in [0.3, 0.4) is 0 Å². The zero-order valence-corrected chi connectivity index (χ0v) is 17.6. The maximum Gasteiger partial charge on any atom is 0.234 e. The van der Waals surface area contributed by atoms with E-state index >= 15 is 0 Å². The first-order valence-corrected chi connectivity index (χ1v) is 11.3. The van der Waals surface area contributed by atoms with Crippen molar-refractivity contribution in [3.63, 3.8) is 0 Å². The van der Waals surface area contributed by atoms with Crippen molar-refractivity contribution in [2.75, 3.05) is 29.1 Å². The van der Waals surface area contributed by atoms with E-state index in [2.05, 4.69) is 45.1 Å². The van der Waals surface area contributed by atoms with E-state index in [4.69, 9.17) is 0 Å². The van der Waals surface area contributed by atoms with Gasteiger partial charge in [-0.3, -0.25) is 4.79 Å². The second kappa shape index (κ2) is 8.45. The minimum atomic E-state index is -0.0399. The molecule has 3 aromatic rings. The van der Waals surface area contributed by atoms with E-state index < -0.39 is 0 Å². The number of fused-ring (bicyclic) bond motifs is 1. The fraction of sp³-hybridized carbons (Fsp3) is 0.400. The molecule has 1 saturated heterocycles. The third kappa shape index (κ3) is 4.28. The Hall–Kier alpha value is -2.19. The lowest BCUT2D eigenvalue weighted by Gasteiger charge is -2.11. The van der Waals surface area contributed by atoms with Crippen LogP contribution in [0.4, 0.5) is 10.8 Å². The van der Waals surface area contributed by atoms with Gasteiger partial charge in [0, 0.05) is 18.8 Å². The standard InChI is InChI=1S/C20H23N5OS2/c1-13(2)14-6-5-7-15(10-14)23-16(26)11-27-19-17-18(21-12-22-19)24-20(28-17)25-8-3-4-9-25/h5-7,10,12-13H,3-4,8-9,11H2,1-2H3,(H,23,26). The number of benzene rings is 1. The molecule has 0 aliphatic carbocycles. The van der Waals surface area contributed by atoms with Gasteiger partial charge < -0.3 is 10.2 Å². The molecule has 0 saturated carbocycles. The number of carbonyl (C=O) groups is 1. The van der Waals surface area contributed by atoms with E-state index in [-0.39, 0.29) is 5.91 Å². The Morgan fingerprint density at radius 2 is 2.11 bits per heavy atom. The molecule has 1 aliphatic heterocycles. The summed E-state index contributed by atoms with van der Waals surface area (Å²) in [5.74, 6) is 0.688. The Labute approximate surface area is 172 Å². The van der Waals surface area contributed by atoms with Crippen LogP contribution in [0.5, 0.6) is 0 Å². The number of amides is 1. The van der Waals surface area contributed by atoms with Gasteiger partial charge >= 0.3 is 0 Å². The first-order chi connectivity index (χ1) is 13.6. The molecule has 6 nitrogen and oxygen atoms in total. The van der Waals surface area contributed by atoms with E-state index in [1.807, 2.05) is 18.2 Å². The normalized spacial score (nSPS) is 14.2. The molecule has 3 heterocycles. The second-order valence-electron chi connectivity index (χ2n) is 7.14. The highest BCUT2D eigenvalue weighted by atomic mass is 32.2. The van der Waals surface area contributed by atoms with Crippen molar-refractivity contribution in [2.24, 2.45) is 0 Å². The summed E-state index contributed by atoms with van der Waals surface area (Å²) in [6, 6.07) is 8.00. The van der Waals surface area contributed by atoms with Crippen LogP contribution in [0.25, 0.3) is 10.3 Å². The van der Waals surface area contributed by atoms with Crippen LogP contribution < -0.4 is 10.2 Å². The summed E-state index contributed by atoms with van der Waals surface area (Å²) in [7, 11) is 0. The molecule has 0 atom stereocenters. The second-order valence-corrected chi connectivity index (χ2v) is 9.08. The first kappa shape index (κ1) is 19.1. The summed E-state index contributed by atoms with van der Waals surface area (Å²) in [5, 5.41) is 4.80. The van der Waals surface area contributed by atoms with Crippen molar-refractivity contribution >= 4 is 50.2 Å². The van der Waals surface area contributed by atoms with Crippen molar-refractivity contribution in [3.8, 4) is 0 Å². The fourth-order valence-electron chi connectivity index (χ4n) is 3.18. The highest BCUT2D eigenvalue weighted by Crippen LogP contribution is 2.34. The molecule has 4 rings (SSSR count). The monoisotopic (exact) mass is 413 g/mol. The molecule has 1 aliphatic rings. The zero-order chi connectivity index (χ0) is 19.5. The van der Waals surface area contributed by atoms with Gasteiger partial charge in [-0.1, -0.05) is 49.1 Å². The van der Waals surface area contributed by atoms with Crippen molar-refractivity contribution in [1.29, 1.82) is 0 Å². The fourth-order valence-corrected chi connectivity index (χ4v) is 5.12. The van der Waals surface area contributed by atoms with Gasteiger partial charge in [0.1, 0.15) is 16.1 Å². The molecule has 0 spiro atoms. The largest absolute Gasteiger partial charge is 0.348 e. The Balaban J connectivity index is 1.43. The molecule has 0 radical (unpaired) electrons. The smallest absolute Gasteiger partial charge is 0.234 e. The predicted octanol–water partition coefficient (Wildman–Crippen LogP) is 4.54.